The van der Waals surface area contributed by atoms with Crippen molar-refractivity contribution in [1.82, 2.24) is 4.98 Å². The Morgan fingerprint density at radius 3 is 2.50 bits per heavy atom. The smallest absolute Gasteiger partial charge is 0.248 e. The minimum atomic E-state index is -0.346. The predicted octanol–water partition coefficient (Wildman–Crippen LogP) is 1.99. The lowest BCUT2D eigenvalue weighted by molar-refractivity contribution is 0.112. The Morgan fingerprint density at radius 1 is 1.19 bits per heavy atom. The van der Waals surface area contributed by atoms with Gasteiger partial charge >= 0.3 is 0 Å². The van der Waals surface area contributed by atoms with Crippen LogP contribution in [0.3, 0.4) is 0 Å². The van der Waals surface area contributed by atoms with Crippen molar-refractivity contribution >= 4 is 6.29 Å². The first-order valence-electron chi connectivity index (χ1n) is 4.64. The highest BCUT2D eigenvalue weighted by atomic mass is 19.1. The number of aldehydes is 1. The molecule has 0 amide bonds. The molecule has 1 heterocycles. The molecule has 0 spiro atoms. The van der Waals surface area contributed by atoms with Gasteiger partial charge in [-0.3, -0.25) is 9.59 Å². The molecule has 2 aromatic rings. The molecule has 4 heteroatoms. The van der Waals surface area contributed by atoms with E-state index >= 15 is 0 Å². The summed E-state index contributed by atoms with van der Waals surface area (Å²) in [7, 11) is 0. The molecule has 1 aromatic heterocycles. The number of carbonyl (C=O) groups is 1. The van der Waals surface area contributed by atoms with Crippen LogP contribution in [0.25, 0.3) is 11.1 Å². The third kappa shape index (κ3) is 1.91. The Morgan fingerprint density at radius 2 is 1.88 bits per heavy atom. The van der Waals surface area contributed by atoms with Gasteiger partial charge < -0.3 is 4.98 Å². The van der Waals surface area contributed by atoms with Crippen LogP contribution in [0.4, 0.5) is 4.39 Å². The third-order valence-electron chi connectivity index (χ3n) is 2.24. The number of aromatic amines is 1. The minimum absolute atomic E-state index is 0.287. The molecule has 80 valence electrons. The molecular formula is C12H8FNO2. The zero-order valence-electron chi connectivity index (χ0n) is 8.24. The number of carbonyl (C=O) groups excluding carboxylic acids is 1. The summed E-state index contributed by atoms with van der Waals surface area (Å²) in [6.07, 6.45) is 2.05. The van der Waals surface area contributed by atoms with Crippen LogP contribution in [-0.4, -0.2) is 11.3 Å². The zero-order valence-corrected chi connectivity index (χ0v) is 8.24. The van der Waals surface area contributed by atoms with Gasteiger partial charge in [0.2, 0.25) is 5.56 Å². The van der Waals surface area contributed by atoms with Gasteiger partial charge in [-0.05, 0) is 17.7 Å². The number of halogens is 1. The lowest BCUT2D eigenvalue weighted by Crippen LogP contribution is -2.05. The second-order valence-electron chi connectivity index (χ2n) is 3.29. The molecule has 1 N–H and O–H groups in total. The highest BCUT2D eigenvalue weighted by molar-refractivity contribution is 5.86. The predicted molar refractivity (Wildman–Crippen MR) is 57.8 cm³/mol. The monoisotopic (exact) mass is 217 g/mol. The largest absolute Gasteiger partial charge is 0.328 e. The molecule has 1 aromatic carbocycles. The molecule has 0 saturated heterocycles. The SMILES string of the molecule is O=Cc1cc(=O)[nH]cc1-c1ccc(F)cc1. The van der Waals surface area contributed by atoms with Crippen LogP contribution >= 0.6 is 0 Å². The van der Waals surface area contributed by atoms with E-state index in [-0.39, 0.29) is 16.9 Å². The zero-order chi connectivity index (χ0) is 11.5. The van der Waals surface area contributed by atoms with Gasteiger partial charge in [-0.1, -0.05) is 12.1 Å². The highest BCUT2D eigenvalue weighted by Gasteiger charge is 2.05. The molecule has 0 aliphatic heterocycles. The maximum absolute atomic E-state index is 12.7. The first kappa shape index (κ1) is 10.3. The molecule has 3 nitrogen and oxygen atoms in total. The average molecular weight is 217 g/mol. The summed E-state index contributed by atoms with van der Waals surface area (Å²) in [4.78, 5) is 24.3. The highest BCUT2D eigenvalue weighted by Crippen LogP contribution is 2.20. The van der Waals surface area contributed by atoms with Crippen LogP contribution in [0.2, 0.25) is 0 Å². The maximum atomic E-state index is 12.7. The van der Waals surface area contributed by atoms with Gasteiger partial charge in [0.1, 0.15) is 5.82 Å². The number of pyridine rings is 1. The molecule has 0 radical (unpaired) electrons. The van der Waals surface area contributed by atoms with Crippen LogP contribution in [0.15, 0.2) is 41.3 Å². The van der Waals surface area contributed by atoms with Crippen LogP contribution < -0.4 is 5.56 Å². The molecule has 0 saturated carbocycles. The van der Waals surface area contributed by atoms with E-state index in [1.165, 1.54) is 24.4 Å². The Labute approximate surface area is 90.6 Å². The third-order valence-corrected chi connectivity index (χ3v) is 2.24. The topological polar surface area (TPSA) is 49.9 Å². The molecule has 0 aliphatic carbocycles. The van der Waals surface area contributed by atoms with Crippen LogP contribution in [0, 0.1) is 5.82 Å². The molecule has 2 rings (SSSR count). The van der Waals surface area contributed by atoms with Crippen molar-refractivity contribution in [3.8, 4) is 11.1 Å². The van der Waals surface area contributed by atoms with Gasteiger partial charge in [-0.15, -0.1) is 0 Å². The summed E-state index contributed by atoms with van der Waals surface area (Å²) < 4.78 is 12.7. The van der Waals surface area contributed by atoms with Crippen molar-refractivity contribution in [2.75, 3.05) is 0 Å². The first-order chi connectivity index (χ1) is 7.70. The lowest BCUT2D eigenvalue weighted by atomic mass is 10.0. The van der Waals surface area contributed by atoms with Gasteiger partial charge in [0, 0.05) is 23.4 Å². The van der Waals surface area contributed by atoms with E-state index in [4.69, 9.17) is 0 Å². The second kappa shape index (κ2) is 4.10. The summed E-state index contributed by atoms with van der Waals surface area (Å²) in [6, 6.07) is 6.92. The Kier molecular flexibility index (Phi) is 2.64. The summed E-state index contributed by atoms with van der Waals surface area (Å²) in [5.41, 5.74) is 1.21. The molecule has 0 bridgehead atoms. The van der Waals surface area contributed by atoms with Gasteiger partial charge in [-0.25, -0.2) is 4.39 Å². The molecule has 0 fully saturated rings. The fraction of sp³-hybridized carbons (Fsp3) is 0. The number of benzene rings is 1. The normalized spacial score (nSPS) is 10.1. The van der Waals surface area contributed by atoms with Gasteiger partial charge in [0.05, 0.1) is 0 Å². The van der Waals surface area contributed by atoms with Gasteiger partial charge in [-0.2, -0.15) is 0 Å². The quantitative estimate of drug-likeness (QED) is 0.782. The number of aromatic nitrogens is 1. The summed E-state index contributed by atoms with van der Waals surface area (Å²) >= 11 is 0. The Bertz CT molecular complexity index is 572. The van der Waals surface area contributed by atoms with Crippen molar-refractivity contribution in [3.63, 3.8) is 0 Å². The lowest BCUT2D eigenvalue weighted by Gasteiger charge is -2.03. The van der Waals surface area contributed by atoms with E-state index in [9.17, 15) is 14.0 Å². The Hall–Kier alpha value is -2.23. The fourth-order valence-corrected chi connectivity index (χ4v) is 1.46. The van der Waals surface area contributed by atoms with E-state index < -0.39 is 0 Å². The standard InChI is InChI=1S/C12H8FNO2/c13-10-3-1-8(2-4-10)11-6-14-12(16)5-9(11)7-15/h1-7H,(H,14,16). The van der Waals surface area contributed by atoms with E-state index in [1.54, 1.807) is 12.1 Å². The van der Waals surface area contributed by atoms with Gasteiger partial charge in [0.25, 0.3) is 0 Å². The van der Waals surface area contributed by atoms with Crippen LogP contribution in [0.1, 0.15) is 10.4 Å². The Balaban J connectivity index is 2.59. The number of nitrogens with one attached hydrogen (secondary N) is 1. The van der Waals surface area contributed by atoms with Crippen LogP contribution in [0.5, 0.6) is 0 Å². The summed E-state index contributed by atoms with van der Waals surface area (Å²) in [5.74, 6) is -0.346. The van der Waals surface area contributed by atoms with E-state index in [0.717, 1.165) is 0 Å². The summed E-state index contributed by atoms with van der Waals surface area (Å²) in [6.45, 7) is 0. The van der Waals surface area contributed by atoms with Gasteiger partial charge in [0.15, 0.2) is 6.29 Å². The number of H-pyrrole nitrogens is 1. The summed E-state index contributed by atoms with van der Waals surface area (Å²) in [5, 5.41) is 0. The van der Waals surface area contributed by atoms with Crippen molar-refractivity contribution in [1.29, 1.82) is 0 Å². The van der Waals surface area contributed by atoms with E-state index in [2.05, 4.69) is 4.98 Å². The van der Waals surface area contributed by atoms with Crippen molar-refractivity contribution in [2.45, 2.75) is 0 Å². The number of hydrogen-bond donors (Lipinski definition) is 1. The molecule has 16 heavy (non-hydrogen) atoms. The first-order valence-corrected chi connectivity index (χ1v) is 4.64. The number of rotatable bonds is 2. The van der Waals surface area contributed by atoms with E-state index in [1.807, 2.05) is 0 Å². The van der Waals surface area contributed by atoms with E-state index in [0.29, 0.717) is 17.4 Å². The average Bonchev–Trinajstić information content (AvgIpc) is 2.30. The molecule has 0 unspecified atom stereocenters. The molecule has 0 aliphatic rings. The van der Waals surface area contributed by atoms with Crippen LogP contribution in [-0.2, 0) is 0 Å². The fourth-order valence-electron chi connectivity index (χ4n) is 1.46. The van der Waals surface area contributed by atoms with Crippen molar-refractivity contribution < 1.29 is 9.18 Å². The minimum Gasteiger partial charge on any atom is -0.328 e. The molecule has 0 atom stereocenters. The molecular weight excluding hydrogens is 209 g/mol. The van der Waals surface area contributed by atoms with Crippen molar-refractivity contribution in [2.24, 2.45) is 0 Å². The maximum Gasteiger partial charge on any atom is 0.248 e. The van der Waals surface area contributed by atoms with Crippen molar-refractivity contribution in [3.05, 3.63) is 58.3 Å². The second-order valence-corrected chi connectivity index (χ2v) is 3.29. The number of hydrogen-bond acceptors (Lipinski definition) is 2.